The van der Waals surface area contributed by atoms with Gasteiger partial charge in [0.05, 0.1) is 23.3 Å². The third-order valence-corrected chi connectivity index (χ3v) is 3.03. The minimum Gasteiger partial charge on any atom is -0.462 e. The number of nitrogens with two attached hydrogens (primary N) is 1. The zero-order valence-electron chi connectivity index (χ0n) is 12.2. The molecule has 0 fully saturated rings. The van der Waals surface area contributed by atoms with Crippen LogP contribution in [0.4, 0.5) is 24.7 Å². The van der Waals surface area contributed by atoms with Crippen molar-refractivity contribution in [1.82, 2.24) is 9.78 Å². The number of ether oxygens (including phenoxy) is 1. The molecule has 1 heterocycles. The number of hydrogen-bond acceptors (Lipinski definition) is 6. The van der Waals surface area contributed by atoms with Gasteiger partial charge in [0, 0.05) is 6.07 Å². The average Bonchev–Trinajstić information content (AvgIpc) is 2.87. The van der Waals surface area contributed by atoms with E-state index in [1.165, 1.54) is 0 Å². The maximum absolute atomic E-state index is 12.7. The summed E-state index contributed by atoms with van der Waals surface area (Å²) in [6, 6.07) is 1.90. The Hall–Kier alpha value is -3.11. The molecular formula is C13H11F3N4O4. The standard InChI is InChI=1S/C13H11F3N4O4/c1-2-24-12(21)8-6-18-19(11(8)17)9-4-3-7(13(14,15)16)5-10(9)20(22)23/h3-6H,2,17H2,1H3. The zero-order chi connectivity index (χ0) is 18.1. The summed E-state index contributed by atoms with van der Waals surface area (Å²) in [5.41, 5.74) is 3.22. The molecule has 1 aromatic carbocycles. The summed E-state index contributed by atoms with van der Waals surface area (Å²) in [6.07, 6.45) is -3.72. The van der Waals surface area contributed by atoms with Gasteiger partial charge in [0.25, 0.3) is 5.69 Å². The number of alkyl halides is 3. The number of carbonyl (C=O) groups is 1. The average molecular weight is 344 g/mol. The Labute approximate surface area is 132 Å². The SMILES string of the molecule is CCOC(=O)c1cnn(-c2ccc(C(F)(F)F)cc2[N+](=O)[O-])c1N. The van der Waals surface area contributed by atoms with Crippen LogP contribution >= 0.6 is 0 Å². The van der Waals surface area contributed by atoms with Crippen molar-refractivity contribution in [3.05, 3.63) is 45.6 Å². The molecule has 0 radical (unpaired) electrons. The van der Waals surface area contributed by atoms with Crippen LogP contribution in [0, 0.1) is 10.1 Å². The first-order valence-corrected chi connectivity index (χ1v) is 6.53. The molecule has 0 unspecified atom stereocenters. The number of rotatable bonds is 4. The maximum atomic E-state index is 12.7. The van der Waals surface area contributed by atoms with Crippen LogP contribution < -0.4 is 5.73 Å². The van der Waals surface area contributed by atoms with Crippen molar-refractivity contribution in [2.75, 3.05) is 12.3 Å². The van der Waals surface area contributed by atoms with Gasteiger partial charge in [0.15, 0.2) is 0 Å². The van der Waals surface area contributed by atoms with Crippen molar-refractivity contribution in [3.8, 4) is 5.69 Å². The van der Waals surface area contributed by atoms with Crippen LogP contribution in [-0.2, 0) is 10.9 Å². The van der Waals surface area contributed by atoms with E-state index in [9.17, 15) is 28.1 Å². The number of nitrogens with zero attached hydrogens (tertiary/aromatic N) is 3. The molecule has 2 rings (SSSR count). The molecule has 0 aliphatic heterocycles. The molecule has 0 aliphatic carbocycles. The second-order valence-corrected chi connectivity index (χ2v) is 4.53. The molecule has 0 saturated heterocycles. The molecule has 2 N–H and O–H groups in total. The van der Waals surface area contributed by atoms with Crippen LogP contribution in [0.25, 0.3) is 5.69 Å². The van der Waals surface area contributed by atoms with Crippen LogP contribution in [0.3, 0.4) is 0 Å². The van der Waals surface area contributed by atoms with E-state index in [0.717, 1.165) is 16.9 Å². The van der Waals surface area contributed by atoms with Crippen LogP contribution in [0.5, 0.6) is 0 Å². The molecule has 11 heteroatoms. The van der Waals surface area contributed by atoms with E-state index in [1.54, 1.807) is 6.92 Å². The Kier molecular flexibility index (Phi) is 4.44. The predicted molar refractivity (Wildman–Crippen MR) is 75.6 cm³/mol. The summed E-state index contributed by atoms with van der Waals surface area (Å²) >= 11 is 0. The normalized spacial score (nSPS) is 11.3. The summed E-state index contributed by atoms with van der Waals surface area (Å²) in [4.78, 5) is 21.8. The number of nitro groups is 1. The molecule has 128 valence electrons. The van der Waals surface area contributed by atoms with Gasteiger partial charge in [-0.25, -0.2) is 9.48 Å². The maximum Gasteiger partial charge on any atom is 0.416 e. The first-order chi connectivity index (χ1) is 11.2. The van der Waals surface area contributed by atoms with Crippen molar-refractivity contribution in [1.29, 1.82) is 0 Å². The summed E-state index contributed by atoms with van der Waals surface area (Å²) in [6.45, 7) is 1.64. The van der Waals surface area contributed by atoms with Gasteiger partial charge in [-0.05, 0) is 19.1 Å². The lowest BCUT2D eigenvalue weighted by Crippen LogP contribution is -2.11. The number of anilines is 1. The van der Waals surface area contributed by atoms with Gasteiger partial charge in [0.2, 0.25) is 0 Å². The zero-order valence-corrected chi connectivity index (χ0v) is 12.2. The van der Waals surface area contributed by atoms with Gasteiger partial charge in [-0.15, -0.1) is 0 Å². The fourth-order valence-corrected chi connectivity index (χ4v) is 1.94. The molecule has 2 aromatic rings. The second kappa shape index (κ2) is 6.18. The highest BCUT2D eigenvalue weighted by atomic mass is 19.4. The Balaban J connectivity index is 2.57. The van der Waals surface area contributed by atoms with Crippen LogP contribution in [0.15, 0.2) is 24.4 Å². The Morgan fingerprint density at radius 2 is 2.12 bits per heavy atom. The van der Waals surface area contributed by atoms with Crippen LogP contribution in [0.2, 0.25) is 0 Å². The first-order valence-electron chi connectivity index (χ1n) is 6.53. The van der Waals surface area contributed by atoms with E-state index in [0.29, 0.717) is 12.1 Å². The molecule has 1 aromatic heterocycles. The van der Waals surface area contributed by atoms with E-state index in [2.05, 4.69) is 5.10 Å². The molecule has 0 aliphatic rings. The van der Waals surface area contributed by atoms with Gasteiger partial charge in [0.1, 0.15) is 17.1 Å². The van der Waals surface area contributed by atoms with Gasteiger partial charge in [-0.2, -0.15) is 18.3 Å². The van der Waals surface area contributed by atoms with E-state index < -0.39 is 28.3 Å². The molecule has 0 saturated carbocycles. The van der Waals surface area contributed by atoms with Gasteiger partial charge < -0.3 is 10.5 Å². The minimum absolute atomic E-state index is 0.0733. The predicted octanol–water partition coefficient (Wildman–Crippen LogP) is 2.56. The molecule has 8 nitrogen and oxygen atoms in total. The number of benzene rings is 1. The number of halogens is 3. The van der Waals surface area contributed by atoms with Crippen molar-refractivity contribution < 1.29 is 27.6 Å². The highest BCUT2D eigenvalue weighted by molar-refractivity contribution is 5.94. The van der Waals surface area contributed by atoms with Gasteiger partial charge in [-0.1, -0.05) is 0 Å². The fraction of sp³-hybridized carbons (Fsp3) is 0.231. The lowest BCUT2D eigenvalue weighted by atomic mass is 10.1. The summed E-state index contributed by atoms with van der Waals surface area (Å²) < 4.78 is 43.7. The lowest BCUT2D eigenvalue weighted by Gasteiger charge is -2.10. The fourth-order valence-electron chi connectivity index (χ4n) is 1.94. The van der Waals surface area contributed by atoms with E-state index in [-0.39, 0.29) is 23.7 Å². The van der Waals surface area contributed by atoms with E-state index >= 15 is 0 Å². The lowest BCUT2D eigenvalue weighted by molar-refractivity contribution is -0.384. The summed E-state index contributed by atoms with van der Waals surface area (Å²) in [7, 11) is 0. The molecule has 0 amide bonds. The van der Waals surface area contributed by atoms with Crippen molar-refractivity contribution in [3.63, 3.8) is 0 Å². The summed E-state index contributed by atoms with van der Waals surface area (Å²) in [5.74, 6) is -1.08. The van der Waals surface area contributed by atoms with Crippen molar-refractivity contribution in [2.45, 2.75) is 13.1 Å². The van der Waals surface area contributed by atoms with Crippen LogP contribution in [0.1, 0.15) is 22.8 Å². The molecular weight excluding hydrogens is 333 g/mol. The summed E-state index contributed by atoms with van der Waals surface area (Å²) in [5, 5.41) is 14.8. The number of carbonyl (C=O) groups excluding carboxylic acids is 1. The molecule has 0 atom stereocenters. The van der Waals surface area contributed by atoms with E-state index in [1.807, 2.05) is 0 Å². The second-order valence-electron chi connectivity index (χ2n) is 4.53. The highest BCUT2D eigenvalue weighted by Gasteiger charge is 2.34. The number of nitro benzene ring substituents is 1. The number of esters is 1. The smallest absolute Gasteiger partial charge is 0.416 e. The number of aromatic nitrogens is 2. The van der Waals surface area contributed by atoms with Crippen molar-refractivity contribution in [2.24, 2.45) is 0 Å². The van der Waals surface area contributed by atoms with E-state index in [4.69, 9.17) is 10.5 Å². The highest BCUT2D eigenvalue weighted by Crippen LogP contribution is 2.35. The topological polar surface area (TPSA) is 113 Å². The number of hydrogen-bond donors (Lipinski definition) is 1. The largest absolute Gasteiger partial charge is 0.462 e. The Morgan fingerprint density at radius 1 is 1.46 bits per heavy atom. The quantitative estimate of drug-likeness (QED) is 0.518. The van der Waals surface area contributed by atoms with Gasteiger partial charge >= 0.3 is 12.1 Å². The monoisotopic (exact) mass is 344 g/mol. The minimum atomic E-state index is -4.74. The Bertz CT molecular complexity index is 801. The van der Waals surface area contributed by atoms with Gasteiger partial charge in [-0.3, -0.25) is 10.1 Å². The van der Waals surface area contributed by atoms with Crippen LogP contribution in [-0.4, -0.2) is 27.3 Å². The number of nitrogen functional groups attached to an aromatic ring is 1. The van der Waals surface area contributed by atoms with Crippen molar-refractivity contribution >= 4 is 17.5 Å². The Morgan fingerprint density at radius 3 is 2.67 bits per heavy atom. The third-order valence-electron chi connectivity index (χ3n) is 3.03. The molecule has 0 spiro atoms. The first kappa shape index (κ1) is 17.2. The molecule has 0 bridgehead atoms. The third kappa shape index (κ3) is 3.14. The molecule has 24 heavy (non-hydrogen) atoms.